The van der Waals surface area contributed by atoms with Crippen molar-refractivity contribution in [1.82, 2.24) is 0 Å². The lowest BCUT2D eigenvalue weighted by Crippen LogP contribution is -2.32. The largest absolute Gasteiger partial charge is 0.380 e. The van der Waals surface area contributed by atoms with Crippen molar-refractivity contribution in [3.63, 3.8) is 0 Å². The minimum absolute atomic E-state index is 0.124. The quantitative estimate of drug-likeness (QED) is 0.848. The molecule has 1 atom stereocenters. The van der Waals surface area contributed by atoms with Gasteiger partial charge in [-0.3, -0.25) is 0 Å². The standard InChI is InChI=1S/C12H14F2O3S/c13-10-3-4-12(14)9(6-10)8-18(15,16)11-2-1-5-17-7-11/h3-4,6,11H,1-2,5,7-8H2. The molecule has 0 aliphatic carbocycles. The summed E-state index contributed by atoms with van der Waals surface area (Å²) in [6.07, 6.45) is 1.19. The summed E-state index contributed by atoms with van der Waals surface area (Å²) < 4.78 is 55.6. The van der Waals surface area contributed by atoms with E-state index in [1.807, 2.05) is 0 Å². The van der Waals surface area contributed by atoms with Crippen molar-refractivity contribution >= 4 is 9.84 Å². The van der Waals surface area contributed by atoms with Crippen LogP contribution in [-0.4, -0.2) is 26.9 Å². The van der Waals surface area contributed by atoms with Crippen LogP contribution in [0.5, 0.6) is 0 Å². The highest BCUT2D eigenvalue weighted by Gasteiger charge is 2.29. The monoisotopic (exact) mass is 276 g/mol. The number of benzene rings is 1. The van der Waals surface area contributed by atoms with Crippen LogP contribution in [0.1, 0.15) is 18.4 Å². The summed E-state index contributed by atoms with van der Waals surface area (Å²) >= 11 is 0. The van der Waals surface area contributed by atoms with E-state index in [1.54, 1.807) is 0 Å². The maximum Gasteiger partial charge on any atom is 0.159 e. The SMILES string of the molecule is O=S(=O)(Cc1cc(F)ccc1F)C1CCCOC1. The predicted molar refractivity (Wildman–Crippen MR) is 62.8 cm³/mol. The Kier molecular flexibility index (Phi) is 3.97. The zero-order valence-electron chi connectivity index (χ0n) is 9.73. The van der Waals surface area contributed by atoms with Crippen molar-refractivity contribution in [3.05, 3.63) is 35.4 Å². The Morgan fingerprint density at radius 3 is 2.78 bits per heavy atom. The van der Waals surface area contributed by atoms with E-state index in [9.17, 15) is 17.2 Å². The van der Waals surface area contributed by atoms with Crippen LogP contribution in [0.4, 0.5) is 8.78 Å². The van der Waals surface area contributed by atoms with Gasteiger partial charge in [0.15, 0.2) is 9.84 Å². The molecule has 3 nitrogen and oxygen atoms in total. The summed E-state index contributed by atoms with van der Waals surface area (Å²) in [7, 11) is -3.51. The lowest BCUT2D eigenvalue weighted by molar-refractivity contribution is 0.0990. The highest BCUT2D eigenvalue weighted by Crippen LogP contribution is 2.21. The van der Waals surface area contributed by atoms with Gasteiger partial charge in [-0.05, 0) is 31.0 Å². The van der Waals surface area contributed by atoms with Gasteiger partial charge in [0.05, 0.1) is 17.6 Å². The molecule has 0 amide bonds. The molecule has 1 heterocycles. The first kappa shape index (κ1) is 13.4. The number of hydrogen-bond donors (Lipinski definition) is 0. The van der Waals surface area contributed by atoms with Crippen LogP contribution in [0.15, 0.2) is 18.2 Å². The van der Waals surface area contributed by atoms with Crippen LogP contribution in [-0.2, 0) is 20.3 Å². The Balaban J connectivity index is 2.18. The van der Waals surface area contributed by atoms with Gasteiger partial charge in [0, 0.05) is 12.2 Å². The van der Waals surface area contributed by atoms with Crippen LogP contribution in [0.3, 0.4) is 0 Å². The third kappa shape index (κ3) is 3.05. The normalized spacial score (nSPS) is 20.9. The van der Waals surface area contributed by atoms with E-state index in [4.69, 9.17) is 4.74 Å². The highest BCUT2D eigenvalue weighted by molar-refractivity contribution is 7.91. The number of sulfone groups is 1. The van der Waals surface area contributed by atoms with Gasteiger partial charge in [-0.2, -0.15) is 0 Å². The molecule has 100 valence electrons. The smallest absolute Gasteiger partial charge is 0.159 e. The highest BCUT2D eigenvalue weighted by atomic mass is 32.2. The fourth-order valence-electron chi connectivity index (χ4n) is 1.98. The van der Waals surface area contributed by atoms with Crippen LogP contribution < -0.4 is 0 Å². The van der Waals surface area contributed by atoms with Gasteiger partial charge in [-0.15, -0.1) is 0 Å². The van der Waals surface area contributed by atoms with Crippen molar-refractivity contribution in [2.24, 2.45) is 0 Å². The molecule has 1 unspecified atom stereocenters. The molecule has 1 aromatic carbocycles. The van der Waals surface area contributed by atoms with Gasteiger partial charge in [-0.25, -0.2) is 17.2 Å². The van der Waals surface area contributed by atoms with E-state index in [0.29, 0.717) is 19.4 Å². The zero-order valence-corrected chi connectivity index (χ0v) is 10.6. The van der Waals surface area contributed by atoms with Gasteiger partial charge >= 0.3 is 0 Å². The first-order valence-corrected chi connectivity index (χ1v) is 7.44. The van der Waals surface area contributed by atoms with E-state index in [-0.39, 0.29) is 12.2 Å². The number of hydrogen-bond acceptors (Lipinski definition) is 3. The van der Waals surface area contributed by atoms with Crippen LogP contribution in [0, 0.1) is 11.6 Å². The molecule has 1 saturated heterocycles. The molecule has 0 radical (unpaired) electrons. The molecular formula is C12H14F2O3S. The molecule has 0 aromatic heterocycles. The van der Waals surface area contributed by atoms with E-state index in [2.05, 4.69) is 0 Å². The summed E-state index contributed by atoms with van der Waals surface area (Å²) in [5.74, 6) is -1.82. The second kappa shape index (κ2) is 5.32. The first-order valence-electron chi connectivity index (χ1n) is 5.72. The second-order valence-corrected chi connectivity index (χ2v) is 6.66. The Labute approximate surface area is 105 Å². The van der Waals surface area contributed by atoms with E-state index in [1.165, 1.54) is 0 Å². The van der Waals surface area contributed by atoms with Crippen LogP contribution in [0.25, 0.3) is 0 Å². The summed E-state index contributed by atoms with van der Waals surface area (Å²) in [6.45, 7) is 0.694. The molecule has 0 saturated carbocycles. The number of halogens is 2. The van der Waals surface area contributed by atoms with Crippen LogP contribution >= 0.6 is 0 Å². The van der Waals surface area contributed by atoms with Gasteiger partial charge in [-0.1, -0.05) is 0 Å². The molecule has 0 N–H and O–H groups in total. The average Bonchev–Trinajstić information content (AvgIpc) is 2.35. The Morgan fingerprint density at radius 1 is 1.33 bits per heavy atom. The van der Waals surface area contributed by atoms with Crippen molar-refractivity contribution < 1.29 is 21.9 Å². The topological polar surface area (TPSA) is 43.4 Å². The predicted octanol–water partition coefficient (Wildman–Crippen LogP) is 2.06. The van der Waals surface area contributed by atoms with Gasteiger partial charge < -0.3 is 4.74 Å². The fourth-order valence-corrected chi connectivity index (χ4v) is 3.70. The Bertz CT molecular complexity index is 522. The maximum atomic E-state index is 13.4. The molecule has 1 aliphatic heterocycles. The second-order valence-electron chi connectivity index (χ2n) is 4.38. The summed E-state index contributed by atoms with van der Waals surface area (Å²) in [6, 6.07) is 2.84. The molecule has 2 rings (SSSR count). The number of rotatable bonds is 3. The molecular weight excluding hydrogens is 262 g/mol. The third-order valence-corrected chi connectivity index (χ3v) is 5.09. The maximum absolute atomic E-state index is 13.4. The molecule has 18 heavy (non-hydrogen) atoms. The summed E-state index contributed by atoms with van der Waals surface area (Å²) in [5, 5.41) is -0.617. The van der Waals surface area contributed by atoms with Crippen molar-refractivity contribution in [2.75, 3.05) is 13.2 Å². The van der Waals surface area contributed by atoms with Crippen molar-refractivity contribution in [1.29, 1.82) is 0 Å². The lowest BCUT2D eigenvalue weighted by Gasteiger charge is -2.22. The lowest BCUT2D eigenvalue weighted by atomic mass is 10.2. The minimum atomic E-state index is -3.51. The van der Waals surface area contributed by atoms with Crippen LogP contribution in [0.2, 0.25) is 0 Å². The molecule has 1 aliphatic rings. The van der Waals surface area contributed by atoms with Gasteiger partial charge in [0.2, 0.25) is 0 Å². The third-order valence-electron chi connectivity index (χ3n) is 2.99. The van der Waals surface area contributed by atoms with Crippen molar-refractivity contribution in [2.45, 2.75) is 23.8 Å². The molecule has 6 heteroatoms. The van der Waals surface area contributed by atoms with Crippen molar-refractivity contribution in [3.8, 4) is 0 Å². The Hall–Kier alpha value is -1.01. The summed E-state index contributed by atoms with van der Waals surface area (Å²) in [4.78, 5) is 0. The Morgan fingerprint density at radius 2 is 2.11 bits per heavy atom. The van der Waals surface area contributed by atoms with E-state index < -0.39 is 32.5 Å². The average molecular weight is 276 g/mol. The molecule has 1 fully saturated rings. The molecule has 0 spiro atoms. The summed E-state index contributed by atoms with van der Waals surface area (Å²) in [5.41, 5.74) is -0.124. The molecule has 1 aromatic rings. The first-order chi connectivity index (χ1) is 8.49. The minimum Gasteiger partial charge on any atom is -0.380 e. The fraction of sp³-hybridized carbons (Fsp3) is 0.500. The van der Waals surface area contributed by atoms with E-state index in [0.717, 1.165) is 18.2 Å². The van der Waals surface area contributed by atoms with Gasteiger partial charge in [0.25, 0.3) is 0 Å². The zero-order chi connectivity index (χ0) is 13.2. The molecule has 0 bridgehead atoms. The van der Waals surface area contributed by atoms with E-state index >= 15 is 0 Å². The number of ether oxygens (including phenoxy) is 1. The van der Waals surface area contributed by atoms with Gasteiger partial charge in [0.1, 0.15) is 11.6 Å².